The van der Waals surface area contributed by atoms with E-state index in [1.54, 1.807) is 23.1 Å². The van der Waals surface area contributed by atoms with Gasteiger partial charge in [-0.2, -0.15) is 10.2 Å². The Labute approximate surface area is 115 Å². The largest absolute Gasteiger partial charge is 0.364 e. The Hall–Kier alpha value is -2.64. The van der Waals surface area contributed by atoms with Crippen LogP contribution in [0.1, 0.15) is 34.8 Å². The summed E-state index contributed by atoms with van der Waals surface area (Å²) in [7, 11) is 0. The highest BCUT2D eigenvalue weighted by Crippen LogP contribution is 2.14. The first-order valence-corrected chi connectivity index (χ1v) is 6.27. The molecule has 0 unspecified atom stereocenters. The van der Waals surface area contributed by atoms with Gasteiger partial charge < -0.3 is 11.1 Å². The van der Waals surface area contributed by atoms with Crippen LogP contribution in [-0.2, 0) is 13.1 Å². The van der Waals surface area contributed by atoms with Gasteiger partial charge in [0, 0.05) is 25.5 Å². The van der Waals surface area contributed by atoms with Crippen molar-refractivity contribution in [2.75, 3.05) is 5.32 Å². The number of hydrogen-bond donors (Lipinski definition) is 2. The average Bonchev–Trinajstić information content (AvgIpc) is 3.04. The van der Waals surface area contributed by atoms with E-state index in [-0.39, 0.29) is 11.6 Å². The summed E-state index contributed by atoms with van der Waals surface area (Å²) in [6.07, 6.45) is 3.12. The average molecular weight is 276 g/mol. The molecule has 0 aliphatic rings. The van der Waals surface area contributed by atoms with E-state index in [0.717, 1.165) is 0 Å². The number of hydrogen-bond acceptors (Lipinski definition) is 4. The van der Waals surface area contributed by atoms with E-state index in [1.807, 2.05) is 13.8 Å². The second-order valence-electron chi connectivity index (χ2n) is 4.10. The standard InChI is InChI=1S/C12H16N6O2/c1-3-17-7-8(10(16-17)11(13)19)15-12(20)9-5-6-14-18(9)4-2/h5-7H,3-4H2,1-2H3,(H2,13,19)(H,15,20). The number of anilines is 1. The Balaban J connectivity index is 2.27. The number of carbonyl (C=O) groups is 2. The van der Waals surface area contributed by atoms with Gasteiger partial charge in [0.2, 0.25) is 0 Å². The number of nitrogens with two attached hydrogens (primary N) is 1. The molecular weight excluding hydrogens is 260 g/mol. The number of aromatic nitrogens is 4. The van der Waals surface area contributed by atoms with Crippen molar-refractivity contribution in [3.05, 3.63) is 29.8 Å². The smallest absolute Gasteiger partial charge is 0.274 e. The van der Waals surface area contributed by atoms with Crippen LogP contribution in [0.25, 0.3) is 0 Å². The second kappa shape index (κ2) is 5.55. The lowest BCUT2D eigenvalue weighted by molar-refractivity contribution is 0.0995. The first-order valence-electron chi connectivity index (χ1n) is 6.27. The molecule has 0 saturated carbocycles. The molecule has 106 valence electrons. The molecule has 0 bridgehead atoms. The van der Waals surface area contributed by atoms with Crippen molar-refractivity contribution < 1.29 is 9.59 Å². The highest BCUT2D eigenvalue weighted by Gasteiger charge is 2.18. The number of nitrogens with zero attached hydrogens (tertiary/aromatic N) is 4. The lowest BCUT2D eigenvalue weighted by Crippen LogP contribution is -2.20. The van der Waals surface area contributed by atoms with E-state index in [0.29, 0.717) is 24.5 Å². The molecular formula is C12H16N6O2. The maximum Gasteiger partial charge on any atom is 0.274 e. The molecule has 0 fully saturated rings. The first kappa shape index (κ1) is 13.8. The van der Waals surface area contributed by atoms with Crippen LogP contribution in [0.3, 0.4) is 0 Å². The molecule has 20 heavy (non-hydrogen) atoms. The number of aryl methyl sites for hydroxylation is 2. The predicted octanol–water partition coefficient (Wildman–Crippen LogP) is 0.471. The van der Waals surface area contributed by atoms with Gasteiger partial charge in [0.25, 0.3) is 11.8 Å². The fourth-order valence-corrected chi connectivity index (χ4v) is 1.82. The van der Waals surface area contributed by atoms with Crippen LogP contribution in [0.4, 0.5) is 5.69 Å². The van der Waals surface area contributed by atoms with Gasteiger partial charge in [-0.15, -0.1) is 0 Å². The lowest BCUT2D eigenvalue weighted by atomic mass is 10.3. The maximum atomic E-state index is 12.2. The van der Waals surface area contributed by atoms with Crippen LogP contribution in [-0.4, -0.2) is 31.4 Å². The molecule has 2 aromatic rings. The molecule has 0 radical (unpaired) electrons. The van der Waals surface area contributed by atoms with Crippen LogP contribution >= 0.6 is 0 Å². The van der Waals surface area contributed by atoms with E-state index in [4.69, 9.17) is 5.73 Å². The number of primary amides is 1. The summed E-state index contributed by atoms with van der Waals surface area (Å²) in [5, 5.41) is 10.7. The van der Waals surface area contributed by atoms with Crippen LogP contribution in [0.2, 0.25) is 0 Å². The van der Waals surface area contributed by atoms with Crippen molar-refractivity contribution >= 4 is 17.5 Å². The van der Waals surface area contributed by atoms with Crippen molar-refractivity contribution in [3.63, 3.8) is 0 Å². The summed E-state index contributed by atoms with van der Waals surface area (Å²) in [6, 6.07) is 1.60. The quantitative estimate of drug-likeness (QED) is 0.827. The first-order chi connectivity index (χ1) is 9.56. The number of rotatable bonds is 5. The minimum absolute atomic E-state index is 0.0442. The molecule has 2 aromatic heterocycles. The minimum Gasteiger partial charge on any atom is -0.364 e. The highest BCUT2D eigenvalue weighted by molar-refractivity contribution is 6.07. The summed E-state index contributed by atoms with van der Waals surface area (Å²) in [4.78, 5) is 23.5. The van der Waals surface area contributed by atoms with Crippen LogP contribution in [0, 0.1) is 0 Å². The second-order valence-corrected chi connectivity index (χ2v) is 4.10. The Morgan fingerprint density at radius 3 is 2.70 bits per heavy atom. The zero-order chi connectivity index (χ0) is 14.7. The summed E-state index contributed by atoms with van der Waals surface area (Å²) < 4.78 is 3.09. The van der Waals surface area contributed by atoms with Crippen LogP contribution in [0.5, 0.6) is 0 Å². The monoisotopic (exact) mass is 276 g/mol. The maximum absolute atomic E-state index is 12.2. The molecule has 0 spiro atoms. The normalized spacial score (nSPS) is 10.5. The lowest BCUT2D eigenvalue weighted by Gasteiger charge is -2.05. The molecule has 0 atom stereocenters. The number of nitrogens with one attached hydrogen (secondary N) is 1. The van der Waals surface area contributed by atoms with Crippen molar-refractivity contribution in [3.8, 4) is 0 Å². The summed E-state index contributed by atoms with van der Waals surface area (Å²) in [5.74, 6) is -1.04. The fourth-order valence-electron chi connectivity index (χ4n) is 1.82. The van der Waals surface area contributed by atoms with Crippen LogP contribution < -0.4 is 11.1 Å². The summed E-state index contributed by atoms with van der Waals surface area (Å²) in [5.41, 5.74) is 6.00. The van der Waals surface area contributed by atoms with Gasteiger partial charge in [-0.25, -0.2) is 0 Å². The SMILES string of the molecule is CCn1cc(NC(=O)c2ccnn2CC)c(C(N)=O)n1. The van der Waals surface area contributed by atoms with Gasteiger partial charge in [-0.05, 0) is 19.9 Å². The van der Waals surface area contributed by atoms with Crippen molar-refractivity contribution in [1.29, 1.82) is 0 Å². The van der Waals surface area contributed by atoms with Gasteiger partial charge in [0.05, 0.1) is 5.69 Å². The van der Waals surface area contributed by atoms with E-state index in [1.165, 1.54) is 4.68 Å². The predicted molar refractivity (Wildman–Crippen MR) is 72.3 cm³/mol. The molecule has 3 N–H and O–H groups in total. The molecule has 8 nitrogen and oxygen atoms in total. The minimum atomic E-state index is -0.684. The Kier molecular flexibility index (Phi) is 3.83. The highest BCUT2D eigenvalue weighted by atomic mass is 16.2. The van der Waals surface area contributed by atoms with Gasteiger partial charge >= 0.3 is 0 Å². The topological polar surface area (TPSA) is 108 Å². The van der Waals surface area contributed by atoms with E-state index >= 15 is 0 Å². The van der Waals surface area contributed by atoms with Gasteiger partial charge in [-0.3, -0.25) is 19.0 Å². The molecule has 2 heterocycles. The fraction of sp³-hybridized carbons (Fsp3) is 0.333. The molecule has 8 heteroatoms. The Bertz CT molecular complexity index is 642. The summed E-state index contributed by atoms with van der Waals surface area (Å²) >= 11 is 0. The van der Waals surface area contributed by atoms with Gasteiger partial charge in [-0.1, -0.05) is 0 Å². The molecule has 2 rings (SSSR count). The third kappa shape index (κ3) is 2.53. The van der Waals surface area contributed by atoms with Crippen molar-refractivity contribution in [2.24, 2.45) is 5.73 Å². The molecule has 0 aromatic carbocycles. The van der Waals surface area contributed by atoms with E-state index in [2.05, 4.69) is 15.5 Å². The van der Waals surface area contributed by atoms with Crippen LogP contribution in [0.15, 0.2) is 18.5 Å². The molecule has 0 aliphatic carbocycles. The number of amides is 2. The van der Waals surface area contributed by atoms with Gasteiger partial charge in [0.15, 0.2) is 5.69 Å². The third-order valence-corrected chi connectivity index (χ3v) is 2.82. The Morgan fingerprint density at radius 1 is 1.35 bits per heavy atom. The van der Waals surface area contributed by atoms with Crippen molar-refractivity contribution in [2.45, 2.75) is 26.9 Å². The zero-order valence-electron chi connectivity index (χ0n) is 11.3. The molecule has 0 saturated heterocycles. The molecule has 0 aliphatic heterocycles. The molecule has 2 amide bonds. The Morgan fingerprint density at radius 2 is 2.10 bits per heavy atom. The third-order valence-electron chi connectivity index (χ3n) is 2.82. The van der Waals surface area contributed by atoms with E-state index < -0.39 is 5.91 Å². The van der Waals surface area contributed by atoms with E-state index in [9.17, 15) is 9.59 Å². The zero-order valence-corrected chi connectivity index (χ0v) is 11.3. The summed E-state index contributed by atoms with van der Waals surface area (Å²) in [6.45, 7) is 4.90. The van der Waals surface area contributed by atoms with Crippen molar-refractivity contribution in [1.82, 2.24) is 19.6 Å². The number of carbonyl (C=O) groups excluding carboxylic acids is 2. The van der Waals surface area contributed by atoms with Gasteiger partial charge in [0.1, 0.15) is 5.69 Å².